The third-order valence-corrected chi connectivity index (χ3v) is 5.49. The molecule has 6 nitrogen and oxygen atoms in total. The molecule has 1 atom stereocenters. The zero-order valence-corrected chi connectivity index (χ0v) is 19.1. The summed E-state index contributed by atoms with van der Waals surface area (Å²) in [5, 5.41) is 15.9. The molecule has 0 amide bonds. The van der Waals surface area contributed by atoms with Gasteiger partial charge in [0.1, 0.15) is 17.2 Å². The second kappa shape index (κ2) is 9.73. The molecule has 2 heterocycles. The molecule has 0 spiro atoms. The molecule has 0 radical (unpaired) electrons. The van der Waals surface area contributed by atoms with E-state index in [0.717, 1.165) is 5.56 Å². The van der Waals surface area contributed by atoms with Crippen LogP contribution in [-0.4, -0.2) is 17.6 Å². The van der Waals surface area contributed by atoms with E-state index in [9.17, 15) is 19.1 Å². The molecule has 0 fully saturated rings. The van der Waals surface area contributed by atoms with Crippen LogP contribution in [0, 0.1) is 13.8 Å². The number of dihydropyridines is 1. The molecule has 0 aliphatic carbocycles. The number of aryl methyl sites for hydroxylation is 1. The highest BCUT2D eigenvalue weighted by molar-refractivity contribution is 5.87. The largest absolute Gasteiger partial charge is 0.478 e. The second-order valence-corrected chi connectivity index (χ2v) is 8.00. The van der Waals surface area contributed by atoms with Gasteiger partial charge in [-0.2, -0.15) is 0 Å². The van der Waals surface area contributed by atoms with Gasteiger partial charge < -0.3 is 20.2 Å². The van der Waals surface area contributed by atoms with E-state index >= 15 is 0 Å². The van der Waals surface area contributed by atoms with Crippen molar-refractivity contribution < 1.29 is 18.7 Å². The topological polar surface area (TPSA) is 91.6 Å². The first-order valence-corrected chi connectivity index (χ1v) is 10.5. The summed E-state index contributed by atoms with van der Waals surface area (Å²) < 4.78 is 20.1. The summed E-state index contributed by atoms with van der Waals surface area (Å²) in [6.45, 7) is 10.9. The molecule has 33 heavy (non-hydrogen) atoms. The Balaban J connectivity index is 2.20. The monoisotopic (exact) mass is 450 g/mol. The minimum absolute atomic E-state index is 0.135. The van der Waals surface area contributed by atoms with E-state index in [1.54, 1.807) is 31.2 Å². The van der Waals surface area contributed by atoms with E-state index in [1.165, 1.54) is 19.2 Å². The number of hydrogen-bond donors (Lipinski definition) is 3. The third kappa shape index (κ3) is 4.98. The predicted octanol–water partition coefficient (Wildman–Crippen LogP) is 4.96. The van der Waals surface area contributed by atoms with Crippen LogP contribution in [0.15, 0.2) is 75.5 Å². The average Bonchev–Trinajstić information content (AvgIpc) is 2.78. The zero-order chi connectivity index (χ0) is 24.3. The van der Waals surface area contributed by atoms with E-state index < -0.39 is 17.8 Å². The Kier molecular flexibility index (Phi) is 7.01. The molecule has 2 aromatic rings. The SMILES string of the molecule is C=C/C=C\C(NC(C)c1cc(C)cc2c(=O)c(C)c(C3=CC(F)=CNC3)oc12)=C(/C)C(=O)O. The molecular weight excluding hydrogens is 423 g/mol. The minimum atomic E-state index is -1.05. The van der Waals surface area contributed by atoms with Crippen molar-refractivity contribution in [2.24, 2.45) is 0 Å². The Labute approximate surface area is 191 Å². The fourth-order valence-electron chi connectivity index (χ4n) is 3.73. The number of fused-ring (bicyclic) bond motifs is 1. The van der Waals surface area contributed by atoms with Gasteiger partial charge in [-0.15, -0.1) is 0 Å². The highest BCUT2D eigenvalue weighted by Crippen LogP contribution is 2.30. The maximum Gasteiger partial charge on any atom is 0.333 e. The Morgan fingerprint density at radius 2 is 2.09 bits per heavy atom. The van der Waals surface area contributed by atoms with Crippen LogP contribution in [-0.2, 0) is 4.79 Å². The lowest BCUT2D eigenvalue weighted by Gasteiger charge is -2.21. The van der Waals surface area contributed by atoms with E-state index in [0.29, 0.717) is 45.7 Å². The lowest BCUT2D eigenvalue weighted by atomic mass is 9.98. The average molecular weight is 451 g/mol. The molecule has 3 rings (SSSR count). The van der Waals surface area contributed by atoms with Crippen molar-refractivity contribution in [3.05, 3.63) is 99.0 Å². The highest BCUT2D eigenvalue weighted by atomic mass is 19.1. The molecule has 1 aromatic carbocycles. The Morgan fingerprint density at radius 1 is 1.36 bits per heavy atom. The van der Waals surface area contributed by atoms with Gasteiger partial charge >= 0.3 is 5.97 Å². The Hall–Kier alpha value is -3.87. The standard InChI is InChI=1S/C26H27FN2O4/c1-6-7-8-22(15(3)26(31)32)29-17(5)20-9-14(2)10-21-23(30)16(4)24(33-25(20)21)18-11-19(27)13-28-12-18/h6-11,13,17,28-29H,1,12H2,2-5H3,(H,31,32)/b8-7-,22-15-. The molecule has 1 aliphatic heterocycles. The fraction of sp³-hybridized carbons (Fsp3) is 0.231. The first-order chi connectivity index (χ1) is 15.6. The maximum atomic E-state index is 13.8. The van der Waals surface area contributed by atoms with Gasteiger partial charge in [-0.05, 0) is 51.5 Å². The van der Waals surface area contributed by atoms with Gasteiger partial charge in [-0.3, -0.25) is 4.79 Å². The van der Waals surface area contributed by atoms with Crippen LogP contribution in [0.3, 0.4) is 0 Å². The van der Waals surface area contributed by atoms with Gasteiger partial charge in [0, 0.05) is 35.1 Å². The highest BCUT2D eigenvalue weighted by Gasteiger charge is 2.21. The summed E-state index contributed by atoms with van der Waals surface area (Å²) in [4.78, 5) is 24.8. The van der Waals surface area contributed by atoms with Crippen LogP contribution >= 0.6 is 0 Å². The summed E-state index contributed by atoms with van der Waals surface area (Å²) in [7, 11) is 0. The summed E-state index contributed by atoms with van der Waals surface area (Å²) >= 11 is 0. The van der Waals surface area contributed by atoms with Gasteiger partial charge in [0.2, 0.25) is 0 Å². The number of halogens is 1. The molecule has 1 aromatic heterocycles. The molecule has 0 bridgehead atoms. The van der Waals surface area contributed by atoms with Crippen LogP contribution in [0.4, 0.5) is 4.39 Å². The molecule has 3 N–H and O–H groups in total. The van der Waals surface area contributed by atoms with Crippen molar-refractivity contribution in [1.82, 2.24) is 10.6 Å². The number of carbonyl (C=O) groups is 1. The predicted molar refractivity (Wildman–Crippen MR) is 128 cm³/mol. The van der Waals surface area contributed by atoms with Crippen molar-refractivity contribution in [3.8, 4) is 0 Å². The number of nitrogens with one attached hydrogen (secondary N) is 2. The fourth-order valence-corrected chi connectivity index (χ4v) is 3.73. The van der Waals surface area contributed by atoms with E-state index in [1.807, 2.05) is 19.9 Å². The molecule has 172 valence electrons. The van der Waals surface area contributed by atoms with Crippen molar-refractivity contribution >= 4 is 22.5 Å². The number of aliphatic carboxylic acids is 1. The van der Waals surface area contributed by atoms with Gasteiger partial charge in [0.15, 0.2) is 5.43 Å². The van der Waals surface area contributed by atoms with Crippen LogP contribution in [0.1, 0.15) is 42.3 Å². The number of rotatable bonds is 7. The summed E-state index contributed by atoms with van der Waals surface area (Å²) in [5.41, 5.74) is 3.21. The van der Waals surface area contributed by atoms with Gasteiger partial charge in [-0.25, -0.2) is 9.18 Å². The number of allylic oxidation sites excluding steroid dienone is 5. The van der Waals surface area contributed by atoms with E-state index in [-0.39, 0.29) is 11.0 Å². The molecular formula is C26H27FN2O4. The molecule has 7 heteroatoms. The number of carboxylic acid groups (broad SMARTS) is 1. The first-order valence-electron chi connectivity index (χ1n) is 10.5. The molecule has 0 saturated heterocycles. The first kappa shape index (κ1) is 23.8. The summed E-state index contributed by atoms with van der Waals surface area (Å²) in [6.07, 6.45) is 7.43. The second-order valence-electron chi connectivity index (χ2n) is 8.00. The van der Waals surface area contributed by atoms with Crippen molar-refractivity contribution in [3.63, 3.8) is 0 Å². The van der Waals surface area contributed by atoms with Crippen LogP contribution in [0.2, 0.25) is 0 Å². The van der Waals surface area contributed by atoms with Gasteiger partial charge in [-0.1, -0.05) is 24.8 Å². The van der Waals surface area contributed by atoms with Crippen LogP contribution in [0.25, 0.3) is 16.5 Å². The summed E-state index contributed by atoms with van der Waals surface area (Å²) in [5.74, 6) is -1.18. The van der Waals surface area contributed by atoms with Crippen LogP contribution in [0.5, 0.6) is 0 Å². The van der Waals surface area contributed by atoms with E-state index in [4.69, 9.17) is 4.42 Å². The van der Waals surface area contributed by atoms with Crippen molar-refractivity contribution in [2.75, 3.05) is 6.54 Å². The van der Waals surface area contributed by atoms with Crippen molar-refractivity contribution in [2.45, 2.75) is 33.7 Å². The van der Waals surface area contributed by atoms with Gasteiger partial charge in [0.05, 0.1) is 17.0 Å². The summed E-state index contributed by atoms with van der Waals surface area (Å²) in [6, 6.07) is 3.25. The minimum Gasteiger partial charge on any atom is -0.478 e. The number of hydrogen-bond acceptors (Lipinski definition) is 5. The van der Waals surface area contributed by atoms with E-state index in [2.05, 4.69) is 17.2 Å². The Bertz CT molecular complexity index is 1310. The maximum absolute atomic E-state index is 13.8. The number of benzene rings is 1. The van der Waals surface area contributed by atoms with Crippen LogP contribution < -0.4 is 16.1 Å². The lowest BCUT2D eigenvalue weighted by molar-refractivity contribution is -0.132. The quantitative estimate of drug-likeness (QED) is 0.408. The van der Waals surface area contributed by atoms with Crippen molar-refractivity contribution in [1.29, 1.82) is 0 Å². The molecule has 0 saturated carbocycles. The zero-order valence-electron chi connectivity index (χ0n) is 19.1. The Morgan fingerprint density at radius 3 is 2.73 bits per heavy atom. The lowest BCUT2D eigenvalue weighted by Crippen LogP contribution is -2.22. The smallest absolute Gasteiger partial charge is 0.333 e. The molecule has 1 aliphatic rings. The third-order valence-electron chi connectivity index (χ3n) is 5.49. The van der Waals surface area contributed by atoms with Gasteiger partial charge in [0.25, 0.3) is 0 Å². The molecule has 1 unspecified atom stereocenters. The number of carboxylic acids is 1. The normalized spacial score (nSPS) is 15.4.